The van der Waals surface area contributed by atoms with Gasteiger partial charge in [-0.3, -0.25) is 9.10 Å². The van der Waals surface area contributed by atoms with Gasteiger partial charge >= 0.3 is 0 Å². The Bertz CT molecular complexity index is 883. The number of likely N-dealkylation sites (N-methyl/N-ethyl adjacent to an activating group) is 1. The number of halogens is 1. The third-order valence-electron chi connectivity index (χ3n) is 3.93. The zero-order valence-electron chi connectivity index (χ0n) is 13.1. The molecule has 1 aliphatic rings. The summed E-state index contributed by atoms with van der Waals surface area (Å²) in [7, 11) is -4.05. The maximum atomic E-state index is 13.5. The Hall–Kier alpha value is -2.41. The number of nitrogens with one attached hydrogen (secondary N) is 1. The van der Waals surface area contributed by atoms with Gasteiger partial charge in [0.1, 0.15) is 11.9 Å². The van der Waals surface area contributed by atoms with Crippen molar-refractivity contribution in [3.8, 4) is 0 Å². The summed E-state index contributed by atoms with van der Waals surface area (Å²) in [5.41, 5.74) is 1.23. The van der Waals surface area contributed by atoms with E-state index in [-0.39, 0.29) is 17.2 Å². The van der Waals surface area contributed by atoms with Crippen LogP contribution in [0.1, 0.15) is 12.5 Å². The van der Waals surface area contributed by atoms with Crippen molar-refractivity contribution < 1.29 is 17.6 Å². The lowest BCUT2D eigenvalue weighted by molar-refractivity contribution is -0.121. The SMILES string of the molecule is CCNC(=O)C1Cc2ccccc2N1S(=O)(=O)c1cccc(F)c1. The summed E-state index contributed by atoms with van der Waals surface area (Å²) in [5.74, 6) is -1.01. The lowest BCUT2D eigenvalue weighted by Gasteiger charge is -2.26. The van der Waals surface area contributed by atoms with Gasteiger partial charge in [0.2, 0.25) is 5.91 Å². The molecule has 1 aliphatic heterocycles. The molecule has 1 heterocycles. The molecule has 0 aliphatic carbocycles. The lowest BCUT2D eigenvalue weighted by Crippen LogP contribution is -2.48. The molecule has 1 N–H and O–H groups in total. The zero-order chi connectivity index (χ0) is 17.3. The Balaban J connectivity index is 2.12. The number of nitrogens with zero attached hydrogens (tertiary/aromatic N) is 1. The first-order chi connectivity index (χ1) is 11.4. The highest BCUT2D eigenvalue weighted by molar-refractivity contribution is 7.93. The van der Waals surface area contributed by atoms with Crippen LogP contribution in [0, 0.1) is 5.82 Å². The summed E-state index contributed by atoms with van der Waals surface area (Å²) in [5, 5.41) is 2.67. The molecule has 1 unspecified atom stereocenters. The van der Waals surface area contributed by atoms with Crippen molar-refractivity contribution in [3.63, 3.8) is 0 Å². The van der Waals surface area contributed by atoms with E-state index in [9.17, 15) is 17.6 Å². The maximum Gasteiger partial charge on any atom is 0.265 e. The van der Waals surface area contributed by atoms with Gasteiger partial charge in [0, 0.05) is 13.0 Å². The molecule has 0 fully saturated rings. The molecule has 0 bridgehead atoms. The molecule has 0 saturated heterocycles. The molecule has 2 aromatic rings. The monoisotopic (exact) mass is 348 g/mol. The molecule has 0 radical (unpaired) electrons. The number of para-hydroxylation sites is 1. The van der Waals surface area contributed by atoms with Gasteiger partial charge in [-0.1, -0.05) is 24.3 Å². The summed E-state index contributed by atoms with van der Waals surface area (Å²) >= 11 is 0. The minimum absolute atomic E-state index is 0.173. The van der Waals surface area contributed by atoms with Gasteiger partial charge in [0.25, 0.3) is 10.0 Å². The number of carbonyl (C=O) groups is 1. The van der Waals surface area contributed by atoms with E-state index in [2.05, 4.69) is 5.32 Å². The topological polar surface area (TPSA) is 66.5 Å². The van der Waals surface area contributed by atoms with Crippen LogP contribution in [0.25, 0.3) is 0 Å². The average molecular weight is 348 g/mol. The fourth-order valence-corrected chi connectivity index (χ4v) is 4.57. The molecule has 5 nitrogen and oxygen atoms in total. The lowest BCUT2D eigenvalue weighted by atomic mass is 10.1. The molecule has 3 rings (SSSR count). The molecular formula is C17H17FN2O3S. The second kappa shape index (κ2) is 6.24. The second-order valence-electron chi connectivity index (χ2n) is 5.50. The number of carbonyl (C=O) groups excluding carboxylic acids is 1. The van der Waals surface area contributed by atoms with E-state index in [0.29, 0.717) is 12.2 Å². The van der Waals surface area contributed by atoms with Crippen molar-refractivity contribution in [2.24, 2.45) is 0 Å². The molecule has 0 saturated carbocycles. The van der Waals surface area contributed by atoms with Crippen LogP contribution in [0.3, 0.4) is 0 Å². The largest absolute Gasteiger partial charge is 0.355 e. The molecule has 1 amide bonds. The van der Waals surface area contributed by atoms with Gasteiger partial charge in [0.05, 0.1) is 10.6 Å². The number of hydrogen-bond donors (Lipinski definition) is 1. The van der Waals surface area contributed by atoms with Crippen LogP contribution < -0.4 is 9.62 Å². The van der Waals surface area contributed by atoms with Crippen LogP contribution in [0.4, 0.5) is 10.1 Å². The van der Waals surface area contributed by atoms with Crippen LogP contribution in [-0.4, -0.2) is 26.9 Å². The van der Waals surface area contributed by atoms with Crippen LogP contribution in [0.2, 0.25) is 0 Å². The summed E-state index contributed by atoms with van der Waals surface area (Å²) in [6, 6.07) is 10.9. The summed E-state index contributed by atoms with van der Waals surface area (Å²) in [6.07, 6.45) is 0.288. The third kappa shape index (κ3) is 2.75. The smallest absolute Gasteiger partial charge is 0.265 e. The van der Waals surface area contributed by atoms with Crippen molar-refractivity contribution in [2.75, 3.05) is 10.8 Å². The van der Waals surface area contributed by atoms with Crippen LogP contribution in [0.5, 0.6) is 0 Å². The quantitative estimate of drug-likeness (QED) is 0.920. The molecule has 126 valence electrons. The van der Waals surface area contributed by atoms with Crippen molar-refractivity contribution in [1.82, 2.24) is 5.32 Å². The van der Waals surface area contributed by atoms with Crippen molar-refractivity contribution >= 4 is 21.6 Å². The number of amides is 1. The Kier molecular flexibility index (Phi) is 4.28. The first kappa shape index (κ1) is 16.4. The fraction of sp³-hybridized carbons (Fsp3) is 0.235. The predicted molar refractivity (Wildman–Crippen MR) is 88.7 cm³/mol. The number of rotatable bonds is 4. The second-order valence-corrected chi connectivity index (χ2v) is 7.32. The fourth-order valence-electron chi connectivity index (χ4n) is 2.89. The summed E-state index contributed by atoms with van der Waals surface area (Å²) in [4.78, 5) is 12.2. The van der Waals surface area contributed by atoms with Gasteiger partial charge in [0.15, 0.2) is 0 Å². The Morgan fingerprint density at radius 2 is 2.00 bits per heavy atom. The van der Waals surface area contributed by atoms with Crippen molar-refractivity contribution in [2.45, 2.75) is 24.3 Å². The Labute approximate surface area is 140 Å². The average Bonchev–Trinajstić information content (AvgIpc) is 2.95. The highest BCUT2D eigenvalue weighted by atomic mass is 32.2. The van der Waals surface area contributed by atoms with Crippen LogP contribution in [0.15, 0.2) is 53.4 Å². The van der Waals surface area contributed by atoms with E-state index in [0.717, 1.165) is 15.9 Å². The normalized spacial score (nSPS) is 16.8. The minimum atomic E-state index is -4.05. The third-order valence-corrected chi connectivity index (χ3v) is 5.75. The standard InChI is InChI=1S/C17H17FN2O3S/c1-2-19-17(21)16-10-12-6-3-4-9-15(12)20(16)24(22,23)14-8-5-7-13(18)11-14/h3-9,11,16H,2,10H2,1H3,(H,19,21). The van der Waals surface area contributed by atoms with E-state index >= 15 is 0 Å². The molecule has 1 atom stereocenters. The predicted octanol–water partition coefficient (Wildman–Crippen LogP) is 2.08. The van der Waals surface area contributed by atoms with E-state index in [1.54, 1.807) is 31.2 Å². The van der Waals surface area contributed by atoms with Crippen LogP contribution in [-0.2, 0) is 21.2 Å². The molecule has 24 heavy (non-hydrogen) atoms. The van der Waals surface area contributed by atoms with Gasteiger partial charge < -0.3 is 5.32 Å². The van der Waals surface area contributed by atoms with E-state index < -0.39 is 21.9 Å². The molecule has 2 aromatic carbocycles. The molecule has 7 heteroatoms. The van der Waals surface area contributed by atoms with Gasteiger partial charge in [-0.25, -0.2) is 12.8 Å². The first-order valence-electron chi connectivity index (χ1n) is 7.60. The number of benzene rings is 2. The van der Waals surface area contributed by atoms with Crippen molar-refractivity contribution in [1.29, 1.82) is 0 Å². The summed E-state index contributed by atoms with van der Waals surface area (Å²) in [6.45, 7) is 2.17. The Morgan fingerprint density at radius 3 is 2.71 bits per heavy atom. The van der Waals surface area contributed by atoms with Gasteiger partial charge in [-0.15, -0.1) is 0 Å². The van der Waals surface area contributed by atoms with Gasteiger partial charge in [-0.2, -0.15) is 0 Å². The number of sulfonamides is 1. The minimum Gasteiger partial charge on any atom is -0.355 e. The van der Waals surface area contributed by atoms with Gasteiger partial charge in [-0.05, 0) is 36.8 Å². The van der Waals surface area contributed by atoms with Crippen molar-refractivity contribution in [3.05, 3.63) is 59.9 Å². The number of anilines is 1. The summed E-state index contributed by atoms with van der Waals surface area (Å²) < 4.78 is 40.7. The zero-order valence-corrected chi connectivity index (χ0v) is 13.9. The molecular weight excluding hydrogens is 331 g/mol. The van der Waals surface area contributed by atoms with E-state index in [1.165, 1.54) is 18.2 Å². The van der Waals surface area contributed by atoms with Crippen LogP contribution >= 0.6 is 0 Å². The highest BCUT2D eigenvalue weighted by Crippen LogP contribution is 2.36. The van der Waals surface area contributed by atoms with E-state index in [1.807, 2.05) is 0 Å². The molecule has 0 aromatic heterocycles. The number of hydrogen-bond acceptors (Lipinski definition) is 3. The number of fused-ring (bicyclic) bond motifs is 1. The van der Waals surface area contributed by atoms with E-state index in [4.69, 9.17) is 0 Å². The highest BCUT2D eigenvalue weighted by Gasteiger charge is 2.42. The molecule has 0 spiro atoms. The Morgan fingerprint density at radius 1 is 1.25 bits per heavy atom. The first-order valence-corrected chi connectivity index (χ1v) is 9.04. The maximum absolute atomic E-state index is 13.5.